The molecule has 0 unspecified atom stereocenters. The Balaban J connectivity index is 2.20. The van der Waals surface area contributed by atoms with Crippen molar-refractivity contribution in [3.05, 3.63) is 58.5 Å². The number of rotatable bonds is 4. The van der Waals surface area contributed by atoms with Crippen LogP contribution in [0.3, 0.4) is 0 Å². The number of methoxy groups -OCH3 is 1. The fourth-order valence-electron chi connectivity index (χ4n) is 2.57. The first kappa shape index (κ1) is 17.4. The van der Waals surface area contributed by atoms with Gasteiger partial charge >= 0.3 is 5.97 Å². The van der Waals surface area contributed by atoms with E-state index in [9.17, 15) is 13.2 Å². The highest BCUT2D eigenvalue weighted by atomic mass is 32.2. The second-order valence-corrected chi connectivity index (χ2v) is 8.27. The van der Waals surface area contributed by atoms with Crippen molar-refractivity contribution in [2.24, 2.45) is 0 Å². The second kappa shape index (κ2) is 6.50. The SMILES string of the molecule is COC(=O)c1sc2ccccc2c1S(=O)(=O)Nc1cccc(C)c1C. The zero-order valence-electron chi connectivity index (χ0n) is 14.0. The van der Waals surface area contributed by atoms with Crippen molar-refractivity contribution in [2.45, 2.75) is 18.7 Å². The molecule has 0 spiro atoms. The molecule has 0 bridgehead atoms. The van der Waals surface area contributed by atoms with E-state index in [1.54, 1.807) is 36.4 Å². The van der Waals surface area contributed by atoms with E-state index in [2.05, 4.69) is 4.72 Å². The summed E-state index contributed by atoms with van der Waals surface area (Å²) in [5.41, 5.74) is 2.31. The van der Waals surface area contributed by atoms with Crippen molar-refractivity contribution in [1.82, 2.24) is 0 Å². The molecule has 0 aliphatic rings. The van der Waals surface area contributed by atoms with Crippen LogP contribution in [-0.4, -0.2) is 21.5 Å². The van der Waals surface area contributed by atoms with Gasteiger partial charge in [-0.2, -0.15) is 0 Å². The maximum absolute atomic E-state index is 13.1. The summed E-state index contributed by atoms with van der Waals surface area (Å²) in [6, 6.07) is 12.4. The van der Waals surface area contributed by atoms with Gasteiger partial charge in [0.25, 0.3) is 10.0 Å². The lowest BCUT2D eigenvalue weighted by Gasteiger charge is -2.12. The lowest BCUT2D eigenvalue weighted by molar-refractivity contribution is 0.0602. The Labute approximate surface area is 150 Å². The Kier molecular flexibility index (Phi) is 4.53. The van der Waals surface area contributed by atoms with Crippen LogP contribution < -0.4 is 4.72 Å². The topological polar surface area (TPSA) is 72.5 Å². The number of carbonyl (C=O) groups is 1. The van der Waals surface area contributed by atoms with E-state index in [0.717, 1.165) is 22.5 Å². The summed E-state index contributed by atoms with van der Waals surface area (Å²) in [6.45, 7) is 3.76. The third-order valence-corrected chi connectivity index (χ3v) is 6.77. The van der Waals surface area contributed by atoms with Crippen LogP contribution in [0.25, 0.3) is 10.1 Å². The molecule has 5 nitrogen and oxygen atoms in total. The molecule has 25 heavy (non-hydrogen) atoms. The first-order chi connectivity index (χ1) is 11.8. The van der Waals surface area contributed by atoms with E-state index >= 15 is 0 Å². The first-order valence-electron chi connectivity index (χ1n) is 7.54. The molecular formula is C18H17NO4S2. The number of anilines is 1. The number of hydrogen-bond acceptors (Lipinski definition) is 5. The van der Waals surface area contributed by atoms with Crippen molar-refractivity contribution in [1.29, 1.82) is 0 Å². The summed E-state index contributed by atoms with van der Waals surface area (Å²) in [6.07, 6.45) is 0. The third kappa shape index (κ3) is 3.12. The van der Waals surface area contributed by atoms with E-state index < -0.39 is 16.0 Å². The number of fused-ring (bicyclic) bond motifs is 1. The molecule has 0 saturated carbocycles. The van der Waals surface area contributed by atoms with Gasteiger partial charge in [-0.25, -0.2) is 13.2 Å². The van der Waals surface area contributed by atoms with Crippen molar-refractivity contribution >= 4 is 43.1 Å². The van der Waals surface area contributed by atoms with Crippen LogP contribution in [0.2, 0.25) is 0 Å². The summed E-state index contributed by atoms with van der Waals surface area (Å²) in [7, 11) is -2.72. The minimum atomic E-state index is -3.96. The molecule has 0 aliphatic heterocycles. The Morgan fingerprint density at radius 2 is 1.80 bits per heavy atom. The third-order valence-electron chi connectivity index (χ3n) is 4.04. The highest BCUT2D eigenvalue weighted by Gasteiger charge is 2.29. The number of ether oxygens (including phenoxy) is 1. The minimum absolute atomic E-state index is 0.0409. The molecule has 7 heteroatoms. The molecule has 0 atom stereocenters. The number of sulfonamides is 1. The number of thiophene rings is 1. The minimum Gasteiger partial charge on any atom is -0.465 e. The molecule has 130 valence electrons. The Morgan fingerprint density at radius 3 is 2.52 bits per heavy atom. The van der Waals surface area contributed by atoms with Gasteiger partial charge in [0.2, 0.25) is 0 Å². The molecule has 0 aliphatic carbocycles. The number of carbonyl (C=O) groups excluding carboxylic acids is 1. The van der Waals surface area contributed by atoms with E-state index in [1.807, 2.05) is 19.9 Å². The lowest BCUT2D eigenvalue weighted by atomic mass is 10.1. The smallest absolute Gasteiger partial charge is 0.349 e. The zero-order chi connectivity index (χ0) is 18.2. The molecule has 0 fully saturated rings. The van der Waals surface area contributed by atoms with Gasteiger partial charge in [-0.3, -0.25) is 4.72 Å². The predicted octanol–water partition coefficient (Wildman–Crippen LogP) is 4.11. The van der Waals surface area contributed by atoms with Crippen LogP contribution >= 0.6 is 11.3 Å². The van der Waals surface area contributed by atoms with Crippen LogP contribution in [-0.2, 0) is 14.8 Å². The van der Waals surface area contributed by atoms with Gasteiger partial charge in [0.1, 0.15) is 9.77 Å². The summed E-state index contributed by atoms with van der Waals surface area (Å²) < 4.78 is 34.2. The Hall–Kier alpha value is -2.38. The second-order valence-electron chi connectivity index (χ2n) is 5.60. The van der Waals surface area contributed by atoms with Gasteiger partial charge in [-0.05, 0) is 37.1 Å². The molecule has 2 aromatic carbocycles. The summed E-state index contributed by atoms with van der Waals surface area (Å²) in [4.78, 5) is 12.1. The number of hydrogen-bond donors (Lipinski definition) is 1. The molecule has 1 heterocycles. The number of benzene rings is 2. The summed E-state index contributed by atoms with van der Waals surface area (Å²) >= 11 is 1.11. The fourth-order valence-corrected chi connectivity index (χ4v) is 5.52. The average Bonchev–Trinajstić information content (AvgIpc) is 2.98. The molecule has 0 radical (unpaired) electrons. The van der Waals surface area contributed by atoms with Crippen LogP contribution in [0.5, 0.6) is 0 Å². The monoisotopic (exact) mass is 375 g/mol. The molecule has 3 rings (SSSR count). The van der Waals surface area contributed by atoms with Crippen LogP contribution in [0.4, 0.5) is 5.69 Å². The van der Waals surface area contributed by atoms with E-state index in [0.29, 0.717) is 15.8 Å². The van der Waals surface area contributed by atoms with E-state index in [4.69, 9.17) is 4.74 Å². The van der Waals surface area contributed by atoms with Gasteiger partial charge in [-0.1, -0.05) is 30.3 Å². The van der Waals surface area contributed by atoms with Crippen molar-refractivity contribution in [3.63, 3.8) is 0 Å². The van der Waals surface area contributed by atoms with Crippen molar-refractivity contribution < 1.29 is 17.9 Å². The van der Waals surface area contributed by atoms with Crippen molar-refractivity contribution in [2.75, 3.05) is 11.8 Å². The zero-order valence-corrected chi connectivity index (χ0v) is 15.6. The van der Waals surface area contributed by atoms with Crippen molar-refractivity contribution in [3.8, 4) is 0 Å². The maximum atomic E-state index is 13.1. The van der Waals surface area contributed by atoms with Gasteiger partial charge < -0.3 is 4.74 Å². The normalized spacial score (nSPS) is 11.5. The maximum Gasteiger partial charge on any atom is 0.349 e. The number of aryl methyl sites for hydroxylation is 1. The first-order valence-corrected chi connectivity index (χ1v) is 9.84. The largest absolute Gasteiger partial charge is 0.465 e. The van der Waals surface area contributed by atoms with Gasteiger partial charge in [0, 0.05) is 10.1 Å². The quantitative estimate of drug-likeness (QED) is 0.697. The van der Waals surface area contributed by atoms with E-state index in [1.165, 1.54) is 7.11 Å². The molecule has 0 saturated heterocycles. The van der Waals surface area contributed by atoms with Gasteiger partial charge in [-0.15, -0.1) is 11.3 Å². The lowest BCUT2D eigenvalue weighted by Crippen LogP contribution is -2.17. The van der Waals surface area contributed by atoms with Crippen LogP contribution in [0, 0.1) is 13.8 Å². The molecular weight excluding hydrogens is 358 g/mol. The highest BCUT2D eigenvalue weighted by Crippen LogP contribution is 2.36. The molecule has 3 aromatic rings. The standard InChI is InChI=1S/C18H17NO4S2/c1-11-7-6-9-14(12(11)2)19-25(21,22)17-13-8-4-5-10-15(13)24-16(17)18(20)23-3/h4-10,19H,1-3H3. The number of nitrogens with one attached hydrogen (secondary N) is 1. The van der Waals surface area contributed by atoms with Crippen LogP contribution in [0.15, 0.2) is 47.4 Å². The Bertz CT molecular complexity index is 1070. The highest BCUT2D eigenvalue weighted by molar-refractivity contribution is 7.93. The fraction of sp³-hybridized carbons (Fsp3) is 0.167. The van der Waals surface area contributed by atoms with Gasteiger partial charge in [0.15, 0.2) is 0 Å². The molecule has 1 N–H and O–H groups in total. The van der Waals surface area contributed by atoms with Crippen LogP contribution in [0.1, 0.15) is 20.8 Å². The van der Waals surface area contributed by atoms with Gasteiger partial charge in [0.05, 0.1) is 12.8 Å². The number of esters is 1. The van der Waals surface area contributed by atoms with E-state index in [-0.39, 0.29) is 9.77 Å². The molecule has 1 aromatic heterocycles. The predicted molar refractivity (Wildman–Crippen MR) is 99.9 cm³/mol. The Morgan fingerprint density at radius 1 is 1.08 bits per heavy atom. The molecule has 0 amide bonds. The summed E-state index contributed by atoms with van der Waals surface area (Å²) in [5, 5.41) is 0.505. The summed E-state index contributed by atoms with van der Waals surface area (Å²) in [5.74, 6) is -0.664. The average molecular weight is 375 g/mol.